The third-order valence-corrected chi connectivity index (χ3v) is 4.69. The van der Waals surface area contributed by atoms with Gasteiger partial charge in [-0.1, -0.05) is 30.3 Å². The lowest BCUT2D eigenvalue weighted by Gasteiger charge is -2.42. The maximum Gasteiger partial charge on any atom is 0.258 e. The molecule has 27 heavy (non-hydrogen) atoms. The molecule has 2 aromatic carbocycles. The standard InChI is InChI=1S/C21H25FN2O3/c1-23(2)14-19-20(15-7-5-4-6-8-15)24(11-12-27-19)21(25)17-10-9-16(22)13-18(17)26-3/h4-10,13,19-20H,11-12,14H2,1-3H3/t19-,20-/m0/s1. The summed E-state index contributed by atoms with van der Waals surface area (Å²) in [4.78, 5) is 17.2. The van der Waals surface area contributed by atoms with E-state index >= 15 is 0 Å². The molecule has 0 N–H and O–H groups in total. The van der Waals surface area contributed by atoms with Crippen molar-refractivity contribution in [3.63, 3.8) is 0 Å². The van der Waals surface area contributed by atoms with Crippen LogP contribution in [-0.4, -0.2) is 62.7 Å². The molecule has 1 aliphatic rings. The molecule has 0 saturated carbocycles. The molecular formula is C21H25FN2O3. The molecule has 1 saturated heterocycles. The number of nitrogens with zero attached hydrogens (tertiary/aromatic N) is 2. The number of methoxy groups -OCH3 is 1. The van der Waals surface area contributed by atoms with E-state index in [1.54, 1.807) is 0 Å². The Morgan fingerprint density at radius 1 is 1.26 bits per heavy atom. The first kappa shape index (κ1) is 19.3. The Labute approximate surface area is 159 Å². The predicted molar refractivity (Wildman–Crippen MR) is 101 cm³/mol. The maximum atomic E-state index is 13.6. The van der Waals surface area contributed by atoms with Crippen LogP contribution in [0.4, 0.5) is 4.39 Å². The van der Waals surface area contributed by atoms with Crippen molar-refractivity contribution in [1.82, 2.24) is 9.80 Å². The summed E-state index contributed by atoms with van der Waals surface area (Å²) in [6, 6.07) is 13.6. The second-order valence-corrected chi connectivity index (χ2v) is 6.87. The topological polar surface area (TPSA) is 42.0 Å². The normalized spacial score (nSPS) is 20.0. The average molecular weight is 372 g/mol. The molecule has 1 heterocycles. The molecule has 0 spiro atoms. The van der Waals surface area contributed by atoms with Gasteiger partial charge in [0.1, 0.15) is 11.6 Å². The van der Waals surface area contributed by atoms with E-state index in [9.17, 15) is 9.18 Å². The molecule has 1 amide bonds. The number of ether oxygens (including phenoxy) is 2. The van der Waals surface area contributed by atoms with E-state index in [4.69, 9.17) is 9.47 Å². The fraction of sp³-hybridized carbons (Fsp3) is 0.381. The van der Waals surface area contributed by atoms with Gasteiger partial charge in [-0.15, -0.1) is 0 Å². The molecule has 6 heteroatoms. The van der Waals surface area contributed by atoms with Crippen molar-refractivity contribution in [3.05, 3.63) is 65.5 Å². The van der Waals surface area contributed by atoms with Crippen LogP contribution < -0.4 is 4.74 Å². The van der Waals surface area contributed by atoms with Crippen LogP contribution in [0.3, 0.4) is 0 Å². The third kappa shape index (κ3) is 4.28. The Morgan fingerprint density at radius 3 is 2.67 bits per heavy atom. The van der Waals surface area contributed by atoms with E-state index in [0.29, 0.717) is 25.3 Å². The highest BCUT2D eigenvalue weighted by Gasteiger charge is 2.37. The summed E-state index contributed by atoms with van der Waals surface area (Å²) in [6.45, 7) is 1.60. The predicted octanol–water partition coefficient (Wildman–Crippen LogP) is 2.98. The zero-order valence-corrected chi connectivity index (χ0v) is 15.9. The minimum atomic E-state index is -0.435. The lowest BCUT2D eigenvalue weighted by Crippen LogP contribution is -2.51. The van der Waals surface area contributed by atoms with E-state index in [2.05, 4.69) is 0 Å². The number of benzene rings is 2. The van der Waals surface area contributed by atoms with Gasteiger partial charge in [0.15, 0.2) is 0 Å². The number of amides is 1. The molecule has 2 aromatic rings. The van der Waals surface area contributed by atoms with Crippen molar-refractivity contribution >= 4 is 5.91 Å². The van der Waals surface area contributed by atoms with Gasteiger partial charge in [0.2, 0.25) is 0 Å². The first-order valence-corrected chi connectivity index (χ1v) is 8.97. The van der Waals surface area contributed by atoms with E-state index in [1.165, 1.54) is 25.3 Å². The van der Waals surface area contributed by atoms with E-state index in [1.807, 2.05) is 54.2 Å². The number of carbonyl (C=O) groups excluding carboxylic acids is 1. The first-order chi connectivity index (χ1) is 13.0. The highest BCUT2D eigenvalue weighted by atomic mass is 19.1. The Bertz CT molecular complexity index is 782. The van der Waals surface area contributed by atoms with Crippen molar-refractivity contribution in [2.75, 3.05) is 40.9 Å². The second kappa shape index (κ2) is 8.50. The second-order valence-electron chi connectivity index (χ2n) is 6.87. The van der Waals surface area contributed by atoms with Gasteiger partial charge >= 0.3 is 0 Å². The quantitative estimate of drug-likeness (QED) is 0.809. The molecule has 0 aromatic heterocycles. The van der Waals surface area contributed by atoms with Gasteiger partial charge in [-0.2, -0.15) is 0 Å². The summed E-state index contributed by atoms with van der Waals surface area (Å²) in [5, 5.41) is 0. The highest BCUT2D eigenvalue weighted by Crippen LogP contribution is 2.33. The number of hydrogen-bond acceptors (Lipinski definition) is 4. The largest absolute Gasteiger partial charge is 0.496 e. The minimum Gasteiger partial charge on any atom is -0.496 e. The van der Waals surface area contributed by atoms with E-state index in [-0.39, 0.29) is 23.8 Å². The molecule has 1 fully saturated rings. The molecule has 3 rings (SSSR count). The van der Waals surface area contributed by atoms with Crippen LogP contribution in [0.25, 0.3) is 0 Å². The lowest BCUT2D eigenvalue weighted by molar-refractivity contribution is -0.0685. The van der Waals surface area contributed by atoms with Gasteiger partial charge < -0.3 is 19.3 Å². The maximum absolute atomic E-state index is 13.6. The van der Waals surface area contributed by atoms with E-state index in [0.717, 1.165) is 5.56 Å². The van der Waals surface area contributed by atoms with Gasteiger partial charge in [-0.3, -0.25) is 4.79 Å². The summed E-state index contributed by atoms with van der Waals surface area (Å²) >= 11 is 0. The zero-order chi connectivity index (χ0) is 19.4. The molecule has 0 aliphatic carbocycles. The molecule has 5 nitrogen and oxygen atoms in total. The summed E-state index contributed by atoms with van der Waals surface area (Å²) in [5.41, 5.74) is 1.36. The van der Waals surface area contributed by atoms with Gasteiger partial charge in [-0.25, -0.2) is 4.39 Å². The molecule has 0 unspecified atom stereocenters. The molecule has 1 aliphatic heterocycles. The SMILES string of the molecule is COc1cc(F)ccc1C(=O)N1CCO[C@@H](CN(C)C)[C@@H]1c1ccccc1. The Hall–Kier alpha value is -2.44. The number of likely N-dealkylation sites (N-methyl/N-ethyl adjacent to an activating group) is 1. The van der Waals surface area contributed by atoms with Crippen LogP contribution in [0.15, 0.2) is 48.5 Å². The fourth-order valence-electron chi connectivity index (χ4n) is 3.51. The minimum absolute atomic E-state index is 0.161. The van der Waals surface area contributed by atoms with Crippen LogP contribution in [0.1, 0.15) is 22.0 Å². The Balaban J connectivity index is 1.99. The Kier molecular flexibility index (Phi) is 6.08. The van der Waals surface area contributed by atoms with Crippen molar-refractivity contribution in [2.24, 2.45) is 0 Å². The molecular weight excluding hydrogens is 347 g/mol. The van der Waals surface area contributed by atoms with E-state index < -0.39 is 5.82 Å². The zero-order valence-electron chi connectivity index (χ0n) is 15.9. The molecule has 0 bridgehead atoms. The van der Waals surface area contributed by atoms with Gasteiger partial charge in [0.05, 0.1) is 31.4 Å². The summed E-state index contributed by atoms with van der Waals surface area (Å²) in [6.07, 6.45) is -0.161. The lowest BCUT2D eigenvalue weighted by atomic mass is 9.96. The fourth-order valence-corrected chi connectivity index (χ4v) is 3.51. The number of halogens is 1. The monoisotopic (exact) mass is 372 g/mol. The van der Waals surface area contributed by atoms with Crippen LogP contribution in [-0.2, 0) is 4.74 Å². The third-order valence-electron chi connectivity index (χ3n) is 4.69. The summed E-state index contributed by atoms with van der Waals surface area (Å²) < 4.78 is 24.8. The van der Waals surface area contributed by atoms with Gasteiger partial charge in [0, 0.05) is 19.2 Å². The van der Waals surface area contributed by atoms with Crippen LogP contribution in [0.5, 0.6) is 5.75 Å². The first-order valence-electron chi connectivity index (χ1n) is 8.97. The molecule has 0 radical (unpaired) electrons. The van der Waals surface area contributed by atoms with Crippen LogP contribution >= 0.6 is 0 Å². The highest BCUT2D eigenvalue weighted by molar-refractivity contribution is 5.97. The Morgan fingerprint density at radius 2 is 2.00 bits per heavy atom. The molecule has 144 valence electrons. The summed E-state index contributed by atoms with van der Waals surface area (Å²) in [5.74, 6) is -0.384. The average Bonchev–Trinajstić information content (AvgIpc) is 2.67. The van der Waals surface area contributed by atoms with Crippen molar-refractivity contribution in [3.8, 4) is 5.75 Å². The van der Waals surface area contributed by atoms with Gasteiger partial charge in [-0.05, 0) is 31.8 Å². The number of hydrogen-bond donors (Lipinski definition) is 0. The van der Waals surface area contributed by atoms with Crippen molar-refractivity contribution in [2.45, 2.75) is 12.1 Å². The number of rotatable bonds is 5. The molecule has 2 atom stereocenters. The summed E-state index contributed by atoms with van der Waals surface area (Å²) in [7, 11) is 5.40. The van der Waals surface area contributed by atoms with Crippen molar-refractivity contribution < 1.29 is 18.7 Å². The van der Waals surface area contributed by atoms with Crippen LogP contribution in [0, 0.1) is 5.82 Å². The smallest absolute Gasteiger partial charge is 0.258 e. The number of morpholine rings is 1. The van der Waals surface area contributed by atoms with Crippen LogP contribution in [0.2, 0.25) is 0 Å². The number of carbonyl (C=O) groups is 1. The van der Waals surface area contributed by atoms with Gasteiger partial charge in [0.25, 0.3) is 5.91 Å². The van der Waals surface area contributed by atoms with Crippen molar-refractivity contribution in [1.29, 1.82) is 0 Å².